The Morgan fingerprint density at radius 1 is 0.367 bits per heavy atom. The van der Waals surface area contributed by atoms with Crippen molar-refractivity contribution in [2.75, 3.05) is 47.3 Å². The normalized spacial score (nSPS) is 20.0. The van der Waals surface area contributed by atoms with Gasteiger partial charge in [0.25, 0.3) is 5.69 Å². The summed E-state index contributed by atoms with van der Waals surface area (Å²) in [6.07, 6.45) is -12.0. The first-order valence-corrected chi connectivity index (χ1v) is 52.5. The van der Waals surface area contributed by atoms with Crippen LogP contribution in [0.5, 0.6) is 11.5 Å². The molecule has 0 spiro atoms. The lowest BCUT2D eigenvalue weighted by molar-refractivity contribution is -0.385. The molecule has 1 unspecified atom stereocenters. The van der Waals surface area contributed by atoms with Crippen molar-refractivity contribution in [3.63, 3.8) is 0 Å². The number of hydrogen-bond acceptors (Lipinski definition) is 21. The van der Waals surface area contributed by atoms with Crippen LogP contribution in [0.2, 0.25) is 22.2 Å². The Balaban J connectivity index is 0.883. The molecule has 128 heavy (non-hydrogen) atoms. The summed E-state index contributed by atoms with van der Waals surface area (Å²) in [6, 6.07) is 81.5. The topological polar surface area (TPSA) is 250 Å². The van der Waals surface area contributed by atoms with Crippen LogP contribution in [0.25, 0.3) is 55.6 Å². The minimum Gasteiger partial charge on any atom is -0.493 e. The molecule has 11 aromatic rings. The van der Waals surface area contributed by atoms with Crippen LogP contribution in [0.4, 0.5) is 5.69 Å². The van der Waals surface area contributed by atoms with Crippen LogP contribution in [0.15, 0.2) is 255 Å². The van der Waals surface area contributed by atoms with E-state index in [0.29, 0.717) is 0 Å². The molecule has 1 saturated heterocycles. The van der Waals surface area contributed by atoms with E-state index in [0.717, 1.165) is 117 Å². The van der Waals surface area contributed by atoms with E-state index in [2.05, 4.69) is 0 Å². The SMILES string of the molecule is CCCC(=O)O[C@H]1[C@H]2O[Si](C(C)C)(C(C)C)O[Si](C(C)C)(C(C)C)O[C@@H]2[C@@H](OP(=O)(OCC2c3ccccc3-c3ccccc32)OCC2c3ccccc3-c3ccccc32)[C@H](OP(=O)(OCC2c3ccccc3-c3ccccc32)OCC2c3ccccc3-c3ccccc32)[C@H]1OP(=O)(OCc1cc(OC)c(OC)cc1[N+](=O)[O-])OCC1c2ccccc2-c2ccccc21. The minimum atomic E-state index is -5.71. The number of fused-ring (bicyclic) bond motifs is 16. The molecule has 0 aromatic heterocycles. The lowest BCUT2D eigenvalue weighted by Gasteiger charge is -2.51. The Bertz CT molecular complexity index is 5710. The third-order valence-corrected chi connectivity index (χ3v) is 41.1. The maximum Gasteiger partial charge on any atom is 0.475 e. The molecule has 7 aliphatic rings. The van der Waals surface area contributed by atoms with E-state index < -0.39 is 159 Å². The van der Waals surface area contributed by atoms with Gasteiger partial charge in [-0.3, -0.25) is 55.6 Å². The zero-order chi connectivity index (χ0) is 89.1. The molecular formula is C101H106NO21P3Si2. The molecule has 664 valence electrons. The van der Waals surface area contributed by atoms with Crippen molar-refractivity contribution >= 4 is 52.2 Å². The highest BCUT2D eigenvalue weighted by Crippen LogP contribution is 2.66. The van der Waals surface area contributed by atoms with E-state index in [1.54, 1.807) is 0 Å². The summed E-state index contributed by atoms with van der Waals surface area (Å²) in [4.78, 5) is 28.6. The Kier molecular flexibility index (Phi) is 25.6. The van der Waals surface area contributed by atoms with E-state index >= 15 is 18.5 Å². The monoisotopic (exact) mass is 1820 g/mol. The van der Waals surface area contributed by atoms with Gasteiger partial charge in [0.05, 0.1) is 70.4 Å². The van der Waals surface area contributed by atoms with Crippen molar-refractivity contribution in [3.05, 3.63) is 326 Å². The molecule has 0 bridgehead atoms. The smallest absolute Gasteiger partial charge is 0.475 e. The number of hydrogen-bond donors (Lipinski definition) is 0. The second-order valence-corrected chi connectivity index (χ2v) is 48.7. The first-order valence-electron chi connectivity index (χ1n) is 44.2. The number of nitrogens with zero attached hydrogens (tertiary/aromatic N) is 1. The van der Waals surface area contributed by atoms with Gasteiger partial charge >= 0.3 is 46.6 Å². The first-order chi connectivity index (χ1) is 61.9. The van der Waals surface area contributed by atoms with E-state index in [4.69, 9.17) is 67.9 Å². The second kappa shape index (κ2) is 36.7. The van der Waals surface area contributed by atoms with Crippen LogP contribution in [-0.4, -0.2) is 112 Å². The first kappa shape index (κ1) is 89.1. The van der Waals surface area contributed by atoms with Crippen molar-refractivity contribution in [1.82, 2.24) is 0 Å². The lowest BCUT2D eigenvalue weighted by Crippen LogP contribution is -2.69. The quantitative estimate of drug-likeness (QED) is 0.0119. The fourth-order valence-corrected chi connectivity index (χ4v) is 35.9. The Labute approximate surface area is 749 Å². The zero-order valence-corrected chi connectivity index (χ0v) is 78.1. The maximum atomic E-state index is 18.4. The van der Waals surface area contributed by atoms with Gasteiger partial charge in [0.2, 0.25) is 0 Å². The molecule has 1 aliphatic heterocycles. The molecule has 22 nitrogen and oxygen atoms in total. The number of rotatable bonds is 34. The Morgan fingerprint density at radius 2 is 0.609 bits per heavy atom. The minimum absolute atomic E-state index is 0.00771. The molecule has 1 heterocycles. The van der Waals surface area contributed by atoms with Crippen molar-refractivity contribution in [2.24, 2.45) is 0 Å². The average molecular weight is 1820 g/mol. The van der Waals surface area contributed by atoms with E-state index in [-0.39, 0.29) is 56.3 Å². The van der Waals surface area contributed by atoms with Gasteiger partial charge in [-0.2, -0.15) is 0 Å². The molecule has 11 aromatic carbocycles. The summed E-state index contributed by atoms with van der Waals surface area (Å²) in [7, 11) is -22.2. The van der Waals surface area contributed by atoms with Gasteiger partial charge < -0.3 is 27.2 Å². The lowest BCUT2D eigenvalue weighted by atomic mass is 9.85. The summed E-state index contributed by atoms with van der Waals surface area (Å²) < 4.78 is 164. The predicted molar refractivity (Wildman–Crippen MR) is 494 cm³/mol. The van der Waals surface area contributed by atoms with Gasteiger partial charge in [0.1, 0.15) is 30.5 Å². The van der Waals surface area contributed by atoms with Crippen LogP contribution in [-0.2, 0) is 83.5 Å². The predicted octanol–water partition coefficient (Wildman–Crippen LogP) is 24.8. The number of ether oxygens (including phenoxy) is 3. The Morgan fingerprint density at radius 3 is 0.867 bits per heavy atom. The number of nitro groups is 1. The van der Waals surface area contributed by atoms with Gasteiger partial charge in [0, 0.05) is 36.0 Å². The summed E-state index contributed by atoms with van der Waals surface area (Å²) in [6.45, 7) is 15.3. The molecule has 18 rings (SSSR count). The van der Waals surface area contributed by atoms with Gasteiger partial charge in [0.15, 0.2) is 17.6 Å². The van der Waals surface area contributed by atoms with Crippen LogP contribution in [0.1, 0.15) is 166 Å². The van der Waals surface area contributed by atoms with Crippen molar-refractivity contribution in [2.45, 2.75) is 170 Å². The summed E-state index contributed by atoms with van der Waals surface area (Å²) in [5, 5.41) is 13.5. The summed E-state index contributed by atoms with van der Waals surface area (Å²) >= 11 is 0. The molecule has 1 saturated carbocycles. The largest absolute Gasteiger partial charge is 0.493 e. The van der Waals surface area contributed by atoms with E-state index in [1.165, 1.54) is 20.3 Å². The summed E-state index contributed by atoms with van der Waals surface area (Å²) in [5.41, 5.74) is 15.3. The van der Waals surface area contributed by atoms with Crippen LogP contribution in [0.3, 0.4) is 0 Å². The molecular weight excluding hydrogens is 1710 g/mol. The second-order valence-electron chi connectivity index (χ2n) is 35.1. The van der Waals surface area contributed by atoms with Gasteiger partial charge in [-0.1, -0.05) is 305 Å². The molecule has 2 fully saturated rings. The van der Waals surface area contributed by atoms with E-state index in [9.17, 15) is 10.1 Å². The average Bonchev–Trinajstić information content (AvgIpc) is 1.66. The van der Waals surface area contributed by atoms with Crippen LogP contribution >= 0.6 is 23.5 Å². The number of methoxy groups -OCH3 is 2. The zero-order valence-electron chi connectivity index (χ0n) is 73.4. The number of benzene rings is 11. The number of carbonyl (C=O) groups is 1. The summed E-state index contributed by atoms with van der Waals surface area (Å²) in [5.74, 6) is -3.83. The fraction of sp³-hybridized carbons (Fsp3) is 0.337. The fourth-order valence-electron chi connectivity index (χ4n) is 20.5. The molecule has 27 heteroatoms. The highest BCUT2D eigenvalue weighted by molar-refractivity contribution is 7.49. The van der Waals surface area contributed by atoms with Crippen LogP contribution in [0, 0.1) is 10.1 Å². The Hall–Kier alpha value is -9.47. The highest BCUT2D eigenvalue weighted by atomic mass is 31.2. The van der Waals surface area contributed by atoms with Crippen molar-refractivity contribution in [1.29, 1.82) is 0 Å². The number of esters is 1. The number of carbonyl (C=O) groups excluding carboxylic acids is 1. The van der Waals surface area contributed by atoms with Crippen molar-refractivity contribution < 1.29 is 91.3 Å². The van der Waals surface area contributed by atoms with Crippen molar-refractivity contribution in [3.8, 4) is 67.1 Å². The number of phosphoric ester groups is 3. The third kappa shape index (κ3) is 16.6. The van der Waals surface area contributed by atoms with Gasteiger partial charge in [-0.25, -0.2) is 13.7 Å². The highest BCUT2D eigenvalue weighted by Gasteiger charge is 2.70. The number of phosphoric acid groups is 3. The van der Waals surface area contributed by atoms with Gasteiger partial charge in [-0.15, -0.1) is 0 Å². The molecule has 6 aliphatic carbocycles. The van der Waals surface area contributed by atoms with Crippen LogP contribution < -0.4 is 9.47 Å². The standard InChI is InChI=1S/C101H106NO21P3Si2/c1-12-33-95(103)117-96-97(118-124(106,111-56-66-54-93(109-10)94(110-11)55-92(66)102(104)105)112-57-87-77-44-23-13-34-67(77)68-35-14-24-45-78(68)87)98(119-125(107,113-58-88-79-46-25-15-36-69(79)70-37-16-26-47-80(70)88)114-59-89-81-48-27-17-38-71(81)72-39-18-28-49-82(72)89)99(101-100(96)121-127(62(2)3,63(4)5)123-128(122-101,64(6)7)65(8)9)120-126(108,115-60-90-83-50-29-19-40-73(83)74-41-20-30-51-84(74)90)116-61-91-85-52-31-21-42-75(85)76-43-22-32-53-86(76)91/h13-32,34-55,62-65,87-91,96-101H,12,33,56-61H2,1-11H3/t96-,97+,98-,99+,100-,101-,124?/m1/s1. The third-order valence-electron chi connectivity index (χ3n) is 26.6. The van der Waals surface area contributed by atoms with E-state index in [1.807, 2.05) is 305 Å². The molecule has 0 N–H and O–H groups in total. The molecule has 0 amide bonds. The molecule has 7 atom stereocenters. The number of nitro benzene ring substituents is 1. The van der Waals surface area contributed by atoms with Gasteiger partial charge in [-0.05, 0) is 146 Å². The maximum absolute atomic E-state index is 18.4. The molecule has 0 radical (unpaired) electrons.